The lowest BCUT2D eigenvalue weighted by Gasteiger charge is -2.41. The van der Waals surface area contributed by atoms with Gasteiger partial charge in [0.2, 0.25) is 0 Å². The second-order valence-corrected chi connectivity index (χ2v) is 15.5. The number of hydrogen-bond acceptors (Lipinski definition) is 4. The fraction of sp³-hybridized carbons (Fsp3) is 0.278. The number of hydrogen-bond donors (Lipinski definition) is 4. The molecule has 4 N–H and O–H groups in total. The topological polar surface area (TPSA) is 115 Å². The predicted octanol–water partition coefficient (Wildman–Crippen LogP) is 7.92. The third kappa shape index (κ3) is 6.89. The van der Waals surface area contributed by atoms with Gasteiger partial charge in [0.25, 0.3) is 0 Å². The Morgan fingerprint density at radius 1 is 0.512 bits per heavy atom. The van der Waals surface area contributed by atoms with Gasteiger partial charge >= 0.3 is 11.9 Å². The summed E-state index contributed by atoms with van der Waals surface area (Å²) in [5.41, 5.74) is 3.48. The van der Waals surface area contributed by atoms with Crippen LogP contribution < -0.4 is 0 Å². The number of carbonyl (C=O) groups is 2. The van der Waals surface area contributed by atoms with Crippen molar-refractivity contribution in [1.29, 1.82) is 0 Å². The van der Waals surface area contributed by atoms with Crippen molar-refractivity contribution in [2.45, 2.75) is 61.2 Å². The van der Waals surface area contributed by atoms with Gasteiger partial charge in [-0.25, -0.2) is 0 Å². The van der Waals surface area contributed by atoms with Gasteiger partial charge in [-0.15, -0.1) is 0 Å². The Hall–Kier alpha value is -4.23. The molecule has 226 valence electrons. The second kappa shape index (κ2) is 12.6. The minimum absolute atomic E-state index is 0.0730. The Labute approximate surface area is 255 Å². The standard InChI is InChI=1S/C36H40O6S/c1-35(2,25-5-13-29(37)14-6-25)27-9-17-31(18-10-27)43(23-21-33(39)40,24-22-34(41)42)32-19-11-28(12-20-32)36(3,4)26-7-15-30(38)16-8-26/h5-20,37-38H,21-24H2,1-4H3,(H,39,40)(H,41,42). The molecule has 4 aromatic carbocycles. The number of carboxylic acid groups (broad SMARTS) is 2. The van der Waals surface area contributed by atoms with E-state index in [9.17, 15) is 30.0 Å². The van der Waals surface area contributed by atoms with Crippen LogP contribution in [0.3, 0.4) is 0 Å². The van der Waals surface area contributed by atoms with E-state index in [-0.39, 0.29) is 35.2 Å². The van der Waals surface area contributed by atoms with E-state index >= 15 is 0 Å². The van der Waals surface area contributed by atoms with Crippen molar-refractivity contribution in [2.24, 2.45) is 0 Å². The molecular formula is C36H40O6S. The van der Waals surface area contributed by atoms with Crippen molar-refractivity contribution in [3.63, 3.8) is 0 Å². The summed E-state index contributed by atoms with van der Waals surface area (Å²) in [6, 6.07) is 30.6. The number of phenols is 2. The molecule has 0 aliphatic carbocycles. The van der Waals surface area contributed by atoms with Crippen molar-refractivity contribution in [3.8, 4) is 11.5 Å². The molecule has 0 spiro atoms. The number of phenolic OH excluding ortho intramolecular Hbond substituents is 2. The highest BCUT2D eigenvalue weighted by Gasteiger charge is 2.32. The lowest BCUT2D eigenvalue weighted by molar-refractivity contribution is -0.137. The summed E-state index contributed by atoms with van der Waals surface area (Å²) in [4.78, 5) is 25.6. The van der Waals surface area contributed by atoms with Gasteiger partial charge in [0, 0.05) is 10.8 Å². The van der Waals surface area contributed by atoms with Crippen molar-refractivity contribution < 1.29 is 30.0 Å². The molecule has 0 fully saturated rings. The smallest absolute Gasteiger partial charge is 0.304 e. The zero-order valence-electron chi connectivity index (χ0n) is 25.1. The van der Waals surface area contributed by atoms with E-state index in [0.29, 0.717) is 11.5 Å². The minimum Gasteiger partial charge on any atom is -0.508 e. The quantitative estimate of drug-likeness (QED) is 0.131. The highest BCUT2D eigenvalue weighted by Crippen LogP contribution is 2.63. The first-order valence-electron chi connectivity index (χ1n) is 14.3. The van der Waals surface area contributed by atoms with Crippen molar-refractivity contribution >= 4 is 22.0 Å². The van der Waals surface area contributed by atoms with Crippen LogP contribution in [-0.2, 0) is 20.4 Å². The van der Waals surface area contributed by atoms with Crippen LogP contribution in [0.15, 0.2) is 107 Å². The molecule has 0 saturated heterocycles. The summed E-state index contributed by atoms with van der Waals surface area (Å²) >= 11 is 0. The number of aliphatic carboxylic acids is 2. The Bertz CT molecular complexity index is 1430. The normalized spacial score (nSPS) is 12.6. The van der Waals surface area contributed by atoms with Crippen molar-refractivity contribution in [2.75, 3.05) is 11.5 Å². The van der Waals surface area contributed by atoms with Gasteiger partial charge in [-0.05, 0) is 92.1 Å². The predicted molar refractivity (Wildman–Crippen MR) is 172 cm³/mol. The largest absolute Gasteiger partial charge is 0.508 e. The number of aromatic hydroxyl groups is 2. The van der Waals surface area contributed by atoms with Gasteiger partial charge in [0.05, 0.1) is 12.8 Å². The maximum Gasteiger partial charge on any atom is 0.304 e. The van der Waals surface area contributed by atoms with Crippen LogP contribution in [0, 0.1) is 0 Å². The highest BCUT2D eigenvalue weighted by molar-refractivity contribution is 8.33. The molecule has 4 rings (SSSR count). The van der Waals surface area contributed by atoms with Crippen LogP contribution in [0.1, 0.15) is 62.8 Å². The van der Waals surface area contributed by atoms with Crippen LogP contribution in [-0.4, -0.2) is 43.9 Å². The molecule has 0 unspecified atom stereocenters. The van der Waals surface area contributed by atoms with E-state index < -0.39 is 22.0 Å². The molecule has 4 aromatic rings. The summed E-state index contributed by atoms with van der Waals surface area (Å²) in [5, 5.41) is 38.9. The summed E-state index contributed by atoms with van der Waals surface area (Å²) in [6.45, 7) is 8.44. The first-order valence-corrected chi connectivity index (χ1v) is 16.3. The van der Waals surface area contributed by atoms with Gasteiger partial charge in [0.15, 0.2) is 0 Å². The van der Waals surface area contributed by atoms with Crippen LogP contribution in [0.5, 0.6) is 11.5 Å². The Morgan fingerprint density at radius 3 is 1.02 bits per heavy atom. The first kappa shape index (κ1) is 31.7. The van der Waals surface area contributed by atoms with Crippen molar-refractivity contribution in [1.82, 2.24) is 0 Å². The molecule has 0 amide bonds. The lowest BCUT2D eigenvalue weighted by Crippen LogP contribution is -2.20. The second-order valence-electron chi connectivity index (χ2n) is 12.0. The molecule has 0 saturated carbocycles. The number of rotatable bonds is 12. The highest BCUT2D eigenvalue weighted by atomic mass is 32.3. The van der Waals surface area contributed by atoms with Gasteiger partial charge in [0.1, 0.15) is 11.5 Å². The van der Waals surface area contributed by atoms with E-state index in [2.05, 4.69) is 27.7 Å². The summed E-state index contributed by atoms with van der Waals surface area (Å²) in [6.07, 6.45) is -0.146. The molecule has 0 aliphatic rings. The minimum atomic E-state index is -2.04. The third-order valence-corrected chi connectivity index (χ3v) is 12.7. The van der Waals surface area contributed by atoms with Crippen molar-refractivity contribution in [3.05, 3.63) is 119 Å². The van der Waals surface area contributed by atoms with E-state index in [1.54, 1.807) is 24.3 Å². The summed E-state index contributed by atoms with van der Waals surface area (Å²) < 4.78 is 0. The maximum atomic E-state index is 11.8. The van der Waals surface area contributed by atoms with Gasteiger partial charge in [-0.3, -0.25) is 9.59 Å². The zero-order chi connectivity index (χ0) is 31.4. The molecule has 0 aliphatic heterocycles. The van der Waals surface area contributed by atoms with Crippen LogP contribution in [0.25, 0.3) is 0 Å². The van der Waals surface area contributed by atoms with Gasteiger partial charge in [-0.1, -0.05) is 76.2 Å². The lowest BCUT2D eigenvalue weighted by atomic mass is 9.78. The fourth-order valence-electron chi connectivity index (χ4n) is 5.59. The molecule has 43 heavy (non-hydrogen) atoms. The molecule has 0 aromatic heterocycles. The van der Waals surface area contributed by atoms with E-state index in [0.717, 1.165) is 32.0 Å². The van der Waals surface area contributed by atoms with Crippen LogP contribution in [0.4, 0.5) is 0 Å². The summed E-state index contributed by atoms with van der Waals surface area (Å²) in [5.74, 6) is -0.756. The molecule has 7 heteroatoms. The van der Waals surface area contributed by atoms with E-state index in [4.69, 9.17) is 0 Å². The summed E-state index contributed by atoms with van der Waals surface area (Å²) in [7, 11) is -2.04. The number of carboxylic acids is 2. The average molecular weight is 601 g/mol. The molecule has 0 atom stereocenters. The van der Waals surface area contributed by atoms with Crippen LogP contribution >= 0.6 is 10.0 Å². The third-order valence-electron chi connectivity index (χ3n) is 8.56. The fourth-order valence-corrected chi connectivity index (χ4v) is 9.37. The van der Waals surface area contributed by atoms with E-state index in [1.807, 2.05) is 72.8 Å². The monoisotopic (exact) mass is 600 g/mol. The first-order chi connectivity index (χ1) is 20.3. The molecule has 0 bridgehead atoms. The van der Waals surface area contributed by atoms with Gasteiger partial charge < -0.3 is 20.4 Å². The Kier molecular flexibility index (Phi) is 9.26. The molecule has 0 radical (unpaired) electrons. The Morgan fingerprint density at radius 2 is 0.767 bits per heavy atom. The number of benzene rings is 4. The molecular weight excluding hydrogens is 560 g/mol. The Balaban J connectivity index is 1.78. The molecule has 0 heterocycles. The molecule has 6 nitrogen and oxygen atoms in total. The van der Waals surface area contributed by atoms with Crippen LogP contribution in [0.2, 0.25) is 0 Å². The van der Waals surface area contributed by atoms with E-state index in [1.165, 1.54) is 0 Å². The SMILES string of the molecule is CC(C)(c1ccc(O)cc1)c1ccc(S(CCC(=O)O)(CCC(=O)O)c2ccc(C(C)(C)c3ccc(O)cc3)cc2)cc1. The van der Waals surface area contributed by atoms with Gasteiger partial charge in [-0.2, -0.15) is 10.0 Å². The zero-order valence-corrected chi connectivity index (χ0v) is 25.9. The maximum absolute atomic E-state index is 11.8. The average Bonchev–Trinajstić information content (AvgIpc) is 2.98.